The Kier molecular flexibility index (Phi) is 5.84. The summed E-state index contributed by atoms with van der Waals surface area (Å²) in [6.45, 7) is 9.08. The summed E-state index contributed by atoms with van der Waals surface area (Å²) in [5, 5.41) is 2.60. The third kappa shape index (κ3) is 5.05. The predicted octanol–water partition coefficient (Wildman–Crippen LogP) is 3.51. The van der Waals surface area contributed by atoms with Crippen LogP contribution in [0.2, 0.25) is 5.28 Å². The number of fused-ring (bicyclic) bond motifs is 1. The second kappa shape index (κ2) is 7.28. The minimum Gasteiger partial charge on any atom is -0.444 e. The van der Waals surface area contributed by atoms with Gasteiger partial charge in [-0.25, -0.2) is 23.2 Å². The third-order valence-electron chi connectivity index (χ3n) is 3.41. The topological polar surface area (TPSA) is 98.2 Å². The molecule has 0 saturated heterocycles. The average Bonchev–Trinajstić information content (AvgIpc) is 2.71. The fourth-order valence-corrected chi connectivity index (χ4v) is 5.11. The number of ether oxygens (including phenoxy) is 1. The minimum absolute atomic E-state index is 0.0698. The minimum atomic E-state index is -3.54. The van der Waals surface area contributed by atoms with E-state index in [2.05, 4.69) is 15.3 Å². The SMILES string of the molecule is Cc1c(CC(C)NC(=O)OC(C)(C)C)sc2c(S(C)(=O)=O)nc(Cl)nc12. The Bertz CT molecular complexity index is 949. The average molecular weight is 420 g/mol. The fraction of sp³-hybridized carbons (Fsp3) is 0.562. The molecular formula is C16H22ClN3O4S2. The predicted molar refractivity (Wildman–Crippen MR) is 103 cm³/mol. The molecular weight excluding hydrogens is 398 g/mol. The van der Waals surface area contributed by atoms with Crippen LogP contribution in [0.3, 0.4) is 0 Å². The molecule has 0 aromatic carbocycles. The molecule has 0 fully saturated rings. The van der Waals surface area contributed by atoms with Gasteiger partial charge in [0.05, 0.1) is 10.2 Å². The lowest BCUT2D eigenvalue weighted by Crippen LogP contribution is -2.38. The van der Waals surface area contributed by atoms with Crippen LogP contribution >= 0.6 is 22.9 Å². The van der Waals surface area contributed by atoms with Gasteiger partial charge in [-0.1, -0.05) is 0 Å². The Labute approximate surface area is 162 Å². The van der Waals surface area contributed by atoms with Crippen molar-refractivity contribution in [3.63, 3.8) is 0 Å². The number of sulfone groups is 1. The second-order valence-electron chi connectivity index (χ2n) is 7.15. The van der Waals surface area contributed by atoms with Gasteiger partial charge < -0.3 is 10.1 Å². The Morgan fingerprint density at radius 1 is 1.35 bits per heavy atom. The normalized spacial score (nSPS) is 13.7. The number of thiophene rings is 1. The molecule has 0 aliphatic carbocycles. The molecule has 0 bridgehead atoms. The molecule has 1 atom stereocenters. The van der Waals surface area contributed by atoms with Gasteiger partial charge in [0, 0.05) is 23.6 Å². The number of carbonyl (C=O) groups is 1. The lowest BCUT2D eigenvalue weighted by atomic mass is 10.1. The maximum absolute atomic E-state index is 12.0. The van der Waals surface area contributed by atoms with E-state index in [4.69, 9.17) is 16.3 Å². The van der Waals surface area contributed by atoms with Crippen molar-refractivity contribution in [2.24, 2.45) is 0 Å². The highest BCUT2D eigenvalue weighted by molar-refractivity contribution is 7.91. The molecule has 7 nitrogen and oxygen atoms in total. The van der Waals surface area contributed by atoms with Crippen LogP contribution in [0, 0.1) is 6.92 Å². The first kappa shape index (κ1) is 20.9. The molecule has 0 aliphatic heterocycles. The summed E-state index contributed by atoms with van der Waals surface area (Å²) in [6.07, 6.45) is 1.10. The largest absolute Gasteiger partial charge is 0.444 e. The van der Waals surface area contributed by atoms with E-state index in [1.165, 1.54) is 11.3 Å². The van der Waals surface area contributed by atoms with Crippen LogP contribution in [0.15, 0.2) is 5.03 Å². The summed E-state index contributed by atoms with van der Waals surface area (Å²) in [5.41, 5.74) is 0.778. The van der Waals surface area contributed by atoms with Gasteiger partial charge in [-0.3, -0.25) is 0 Å². The van der Waals surface area contributed by atoms with Crippen LogP contribution < -0.4 is 5.32 Å². The Morgan fingerprint density at radius 3 is 2.50 bits per heavy atom. The summed E-state index contributed by atoms with van der Waals surface area (Å²) in [5.74, 6) is 0. The zero-order chi connectivity index (χ0) is 19.9. The quantitative estimate of drug-likeness (QED) is 0.601. The van der Waals surface area contributed by atoms with E-state index in [0.717, 1.165) is 16.7 Å². The van der Waals surface area contributed by atoms with Gasteiger partial charge >= 0.3 is 6.09 Å². The first-order chi connectivity index (χ1) is 11.8. The molecule has 1 amide bonds. The number of nitrogens with one attached hydrogen (secondary N) is 1. The molecule has 2 aromatic rings. The van der Waals surface area contributed by atoms with Crippen molar-refractivity contribution in [2.75, 3.05) is 6.26 Å². The standard InChI is InChI=1S/C16H22ClN3O4S2/c1-8(18-15(21)24-16(3,4)5)7-10-9(2)11-12(25-10)13(26(6,22)23)20-14(17)19-11/h8H,7H2,1-6H3,(H,18,21). The van der Waals surface area contributed by atoms with Gasteiger partial charge in [-0.2, -0.15) is 0 Å². The van der Waals surface area contributed by atoms with Crippen LogP contribution in [0.25, 0.3) is 10.2 Å². The van der Waals surface area contributed by atoms with E-state index in [1.807, 2.05) is 13.8 Å². The van der Waals surface area contributed by atoms with Crippen LogP contribution in [-0.4, -0.2) is 42.4 Å². The van der Waals surface area contributed by atoms with Gasteiger partial charge in [-0.15, -0.1) is 11.3 Å². The lowest BCUT2D eigenvalue weighted by molar-refractivity contribution is 0.0508. The van der Waals surface area contributed by atoms with Crippen LogP contribution in [0.1, 0.15) is 38.1 Å². The molecule has 144 valence electrons. The van der Waals surface area contributed by atoms with Crippen molar-refractivity contribution in [1.29, 1.82) is 0 Å². The van der Waals surface area contributed by atoms with Gasteiger partial charge in [0.15, 0.2) is 14.9 Å². The maximum atomic E-state index is 12.0. The maximum Gasteiger partial charge on any atom is 0.407 e. The molecule has 0 aliphatic rings. The molecule has 2 aromatic heterocycles. The van der Waals surface area contributed by atoms with E-state index in [1.54, 1.807) is 20.8 Å². The van der Waals surface area contributed by atoms with Gasteiger partial charge in [0.2, 0.25) is 5.28 Å². The van der Waals surface area contributed by atoms with Crippen LogP contribution in [0.5, 0.6) is 0 Å². The molecule has 2 rings (SSSR count). The highest BCUT2D eigenvalue weighted by Crippen LogP contribution is 2.34. The monoisotopic (exact) mass is 419 g/mol. The van der Waals surface area contributed by atoms with E-state index in [0.29, 0.717) is 16.6 Å². The first-order valence-corrected chi connectivity index (χ1v) is 11.0. The third-order valence-corrected chi connectivity index (χ3v) is 6.02. The number of hydrogen-bond donors (Lipinski definition) is 1. The zero-order valence-electron chi connectivity index (χ0n) is 15.5. The van der Waals surface area contributed by atoms with E-state index in [9.17, 15) is 13.2 Å². The van der Waals surface area contributed by atoms with Crippen molar-refractivity contribution < 1.29 is 17.9 Å². The number of aryl methyl sites for hydroxylation is 1. The van der Waals surface area contributed by atoms with Crippen molar-refractivity contribution in [3.05, 3.63) is 15.7 Å². The van der Waals surface area contributed by atoms with Crippen molar-refractivity contribution >= 4 is 49.1 Å². The number of carbonyl (C=O) groups excluding carboxylic acids is 1. The Balaban J connectivity index is 2.31. The summed E-state index contributed by atoms with van der Waals surface area (Å²) in [7, 11) is -3.54. The summed E-state index contributed by atoms with van der Waals surface area (Å²) < 4.78 is 29.7. The zero-order valence-corrected chi connectivity index (χ0v) is 17.9. The highest BCUT2D eigenvalue weighted by atomic mass is 35.5. The number of halogens is 1. The first-order valence-electron chi connectivity index (χ1n) is 7.93. The van der Waals surface area contributed by atoms with Gasteiger partial charge in [-0.05, 0) is 51.8 Å². The molecule has 2 heterocycles. The second-order valence-corrected chi connectivity index (χ2v) is 10.5. The summed E-state index contributed by atoms with van der Waals surface area (Å²) >= 11 is 7.19. The van der Waals surface area contributed by atoms with Crippen LogP contribution in [0.4, 0.5) is 4.79 Å². The van der Waals surface area contributed by atoms with Crippen molar-refractivity contribution in [3.8, 4) is 0 Å². The molecule has 0 spiro atoms. The molecule has 0 radical (unpaired) electrons. The fourth-order valence-electron chi connectivity index (χ4n) is 2.37. The lowest BCUT2D eigenvalue weighted by Gasteiger charge is -2.21. The summed E-state index contributed by atoms with van der Waals surface area (Å²) in [6, 6.07) is -0.207. The smallest absolute Gasteiger partial charge is 0.407 e. The number of rotatable bonds is 4. The number of nitrogens with zero attached hydrogens (tertiary/aromatic N) is 2. The van der Waals surface area contributed by atoms with E-state index >= 15 is 0 Å². The van der Waals surface area contributed by atoms with Crippen molar-refractivity contribution in [2.45, 2.75) is 57.7 Å². The molecule has 0 saturated carbocycles. The summed E-state index contributed by atoms with van der Waals surface area (Å²) in [4.78, 5) is 20.9. The number of aromatic nitrogens is 2. The molecule has 1 N–H and O–H groups in total. The Morgan fingerprint density at radius 2 is 1.96 bits per heavy atom. The van der Waals surface area contributed by atoms with Crippen molar-refractivity contribution in [1.82, 2.24) is 15.3 Å². The number of amides is 1. The molecule has 1 unspecified atom stereocenters. The van der Waals surface area contributed by atoms with Gasteiger partial charge in [0.1, 0.15) is 5.60 Å². The van der Waals surface area contributed by atoms with E-state index < -0.39 is 21.5 Å². The van der Waals surface area contributed by atoms with Crippen LogP contribution in [-0.2, 0) is 21.0 Å². The van der Waals surface area contributed by atoms with Gasteiger partial charge in [0.25, 0.3) is 0 Å². The van der Waals surface area contributed by atoms with E-state index in [-0.39, 0.29) is 16.4 Å². The Hall–Kier alpha value is -1.45. The molecule has 10 heteroatoms. The number of hydrogen-bond acceptors (Lipinski definition) is 7. The molecule has 26 heavy (non-hydrogen) atoms. The highest BCUT2D eigenvalue weighted by Gasteiger charge is 2.23. The number of alkyl carbamates (subject to hydrolysis) is 1.